The van der Waals surface area contributed by atoms with Gasteiger partial charge in [0.25, 0.3) is 5.91 Å². The minimum absolute atomic E-state index is 0.0320. The summed E-state index contributed by atoms with van der Waals surface area (Å²) in [6.07, 6.45) is 3.22. The minimum atomic E-state index is -0.187. The summed E-state index contributed by atoms with van der Waals surface area (Å²) in [6, 6.07) is 9.21. The molecule has 156 valence electrons. The van der Waals surface area contributed by atoms with E-state index in [4.69, 9.17) is 14.2 Å². The van der Waals surface area contributed by atoms with Crippen molar-refractivity contribution in [3.8, 4) is 22.9 Å². The molecule has 3 heterocycles. The lowest BCUT2D eigenvalue weighted by molar-refractivity contribution is -0.122. The van der Waals surface area contributed by atoms with E-state index in [1.807, 2.05) is 18.2 Å². The number of fused-ring (bicyclic) bond motifs is 1. The maximum Gasteiger partial charge on any atom is 0.257 e. The lowest BCUT2D eigenvalue weighted by atomic mass is 10.1. The molecular formula is C21H23N5O4. The average molecular weight is 409 g/mol. The van der Waals surface area contributed by atoms with Crippen LogP contribution < -0.4 is 20.1 Å². The smallest absolute Gasteiger partial charge is 0.257 e. The highest BCUT2D eigenvalue weighted by Gasteiger charge is 2.17. The van der Waals surface area contributed by atoms with Gasteiger partial charge in [-0.3, -0.25) is 9.78 Å². The van der Waals surface area contributed by atoms with E-state index >= 15 is 0 Å². The van der Waals surface area contributed by atoms with Crippen LogP contribution in [-0.4, -0.2) is 66.9 Å². The number of ether oxygens (including phenoxy) is 3. The molecule has 1 atom stereocenters. The van der Waals surface area contributed by atoms with Crippen molar-refractivity contribution in [3.05, 3.63) is 42.7 Å². The minimum Gasteiger partial charge on any atom is -0.484 e. The first-order valence-corrected chi connectivity index (χ1v) is 9.73. The maximum atomic E-state index is 11.3. The lowest BCUT2D eigenvalue weighted by Crippen LogP contribution is -2.41. The standard InChI is InChI=1S/C21H23N5O4/c1-22-19(27)13-29-15-4-2-14(3-5-15)17-10-18-20(25-7-6-24-18)21(26-17)30-12-16-11-23-8-9-28-16/h2-7,10,16,23H,8-9,11-13H2,1H3,(H,22,27)/t16-/m0/s1. The molecule has 2 aromatic heterocycles. The van der Waals surface area contributed by atoms with Crippen LogP contribution >= 0.6 is 0 Å². The molecule has 1 aliphatic rings. The second kappa shape index (κ2) is 9.47. The molecule has 30 heavy (non-hydrogen) atoms. The van der Waals surface area contributed by atoms with Crippen molar-refractivity contribution < 1.29 is 19.0 Å². The Labute approximate surface area is 173 Å². The lowest BCUT2D eigenvalue weighted by Gasteiger charge is -2.23. The fourth-order valence-corrected chi connectivity index (χ4v) is 3.03. The van der Waals surface area contributed by atoms with Gasteiger partial charge >= 0.3 is 0 Å². The summed E-state index contributed by atoms with van der Waals surface area (Å²) in [5.74, 6) is 0.832. The van der Waals surface area contributed by atoms with E-state index in [1.54, 1.807) is 31.6 Å². The highest BCUT2D eigenvalue weighted by molar-refractivity contribution is 5.83. The summed E-state index contributed by atoms with van der Waals surface area (Å²) in [5, 5.41) is 5.80. The Kier molecular flexibility index (Phi) is 6.31. The zero-order valence-electron chi connectivity index (χ0n) is 16.6. The summed E-state index contributed by atoms with van der Waals surface area (Å²) in [4.78, 5) is 24.8. The molecule has 1 amide bonds. The van der Waals surface area contributed by atoms with Crippen molar-refractivity contribution in [3.63, 3.8) is 0 Å². The number of carbonyl (C=O) groups is 1. The molecule has 1 aliphatic heterocycles. The Bertz CT molecular complexity index is 1010. The van der Waals surface area contributed by atoms with E-state index in [1.165, 1.54) is 0 Å². The molecule has 0 saturated carbocycles. The molecule has 0 radical (unpaired) electrons. The van der Waals surface area contributed by atoms with Gasteiger partial charge in [-0.1, -0.05) is 0 Å². The number of pyridine rings is 1. The van der Waals surface area contributed by atoms with Gasteiger partial charge in [0.15, 0.2) is 12.1 Å². The van der Waals surface area contributed by atoms with E-state index in [-0.39, 0.29) is 18.6 Å². The Balaban J connectivity index is 1.55. The zero-order chi connectivity index (χ0) is 20.8. The topological polar surface area (TPSA) is 107 Å². The molecule has 2 N–H and O–H groups in total. The molecule has 1 saturated heterocycles. The van der Waals surface area contributed by atoms with Crippen LogP contribution in [0.1, 0.15) is 0 Å². The molecule has 1 aromatic carbocycles. The molecule has 0 bridgehead atoms. The molecule has 3 aromatic rings. The van der Waals surface area contributed by atoms with E-state index in [9.17, 15) is 4.79 Å². The number of amides is 1. The molecule has 0 aliphatic carbocycles. The zero-order valence-corrected chi connectivity index (χ0v) is 16.6. The van der Waals surface area contributed by atoms with Crippen molar-refractivity contribution in [1.29, 1.82) is 0 Å². The number of carbonyl (C=O) groups excluding carboxylic acids is 1. The van der Waals surface area contributed by atoms with Gasteiger partial charge in [-0.15, -0.1) is 0 Å². The number of nitrogens with one attached hydrogen (secondary N) is 2. The number of nitrogens with zero attached hydrogens (tertiary/aromatic N) is 3. The first-order chi connectivity index (χ1) is 14.7. The number of hydrogen-bond acceptors (Lipinski definition) is 8. The van der Waals surface area contributed by atoms with Crippen molar-refractivity contribution in [1.82, 2.24) is 25.6 Å². The highest BCUT2D eigenvalue weighted by atomic mass is 16.5. The van der Waals surface area contributed by atoms with E-state index in [0.29, 0.717) is 41.6 Å². The quantitative estimate of drug-likeness (QED) is 0.599. The van der Waals surface area contributed by atoms with Gasteiger partial charge < -0.3 is 24.8 Å². The second-order valence-electron chi connectivity index (χ2n) is 6.73. The third kappa shape index (κ3) is 4.81. The van der Waals surface area contributed by atoms with E-state index in [0.717, 1.165) is 18.7 Å². The van der Waals surface area contributed by atoms with Gasteiger partial charge in [-0.05, 0) is 30.3 Å². The van der Waals surface area contributed by atoms with E-state index in [2.05, 4.69) is 25.6 Å². The normalized spacial score (nSPS) is 16.2. The van der Waals surface area contributed by atoms with Crippen molar-refractivity contribution >= 4 is 16.9 Å². The summed E-state index contributed by atoms with van der Waals surface area (Å²) >= 11 is 0. The Morgan fingerprint density at radius 3 is 2.83 bits per heavy atom. The van der Waals surface area contributed by atoms with Crippen LogP contribution in [0.25, 0.3) is 22.3 Å². The number of aromatic nitrogens is 3. The number of likely N-dealkylation sites (N-methyl/N-ethyl adjacent to an activating group) is 1. The Morgan fingerprint density at radius 2 is 2.07 bits per heavy atom. The van der Waals surface area contributed by atoms with Gasteiger partial charge in [-0.25, -0.2) is 9.97 Å². The van der Waals surface area contributed by atoms with Gasteiger partial charge in [0, 0.05) is 38.1 Å². The fraction of sp³-hybridized carbons (Fsp3) is 0.333. The molecule has 1 fully saturated rings. The number of hydrogen-bond donors (Lipinski definition) is 2. The van der Waals surface area contributed by atoms with Crippen LogP contribution in [0.2, 0.25) is 0 Å². The van der Waals surface area contributed by atoms with Crippen LogP contribution in [0.3, 0.4) is 0 Å². The van der Waals surface area contributed by atoms with Crippen molar-refractivity contribution in [2.24, 2.45) is 0 Å². The van der Waals surface area contributed by atoms with Crippen LogP contribution in [0, 0.1) is 0 Å². The SMILES string of the molecule is CNC(=O)COc1ccc(-c2cc3nccnc3c(OC[C@@H]3CNCCO3)n2)cc1. The average Bonchev–Trinajstić information content (AvgIpc) is 2.81. The van der Waals surface area contributed by atoms with Gasteiger partial charge in [-0.2, -0.15) is 0 Å². The number of rotatable bonds is 7. The number of benzene rings is 1. The first kappa shape index (κ1) is 20.0. The Morgan fingerprint density at radius 1 is 1.23 bits per heavy atom. The highest BCUT2D eigenvalue weighted by Crippen LogP contribution is 2.28. The monoisotopic (exact) mass is 409 g/mol. The van der Waals surface area contributed by atoms with Crippen LogP contribution in [0.4, 0.5) is 0 Å². The van der Waals surface area contributed by atoms with E-state index < -0.39 is 0 Å². The summed E-state index contributed by atoms with van der Waals surface area (Å²) in [6.45, 7) is 2.59. The maximum absolute atomic E-state index is 11.3. The van der Waals surface area contributed by atoms with Gasteiger partial charge in [0.2, 0.25) is 5.88 Å². The first-order valence-electron chi connectivity index (χ1n) is 9.73. The van der Waals surface area contributed by atoms with Crippen molar-refractivity contribution in [2.45, 2.75) is 6.10 Å². The van der Waals surface area contributed by atoms with Gasteiger partial charge in [0.1, 0.15) is 18.5 Å². The van der Waals surface area contributed by atoms with Crippen LogP contribution in [0.15, 0.2) is 42.7 Å². The summed E-state index contributed by atoms with van der Waals surface area (Å²) < 4.78 is 17.1. The fourth-order valence-electron chi connectivity index (χ4n) is 3.03. The molecule has 4 rings (SSSR count). The summed E-state index contributed by atoms with van der Waals surface area (Å²) in [7, 11) is 1.57. The van der Waals surface area contributed by atoms with Crippen LogP contribution in [0.5, 0.6) is 11.6 Å². The predicted octanol–water partition coefficient (Wildman–Crippen LogP) is 1.18. The molecular weight excluding hydrogens is 386 g/mol. The summed E-state index contributed by atoms with van der Waals surface area (Å²) in [5.41, 5.74) is 2.88. The number of morpholine rings is 1. The third-order valence-electron chi connectivity index (χ3n) is 4.63. The van der Waals surface area contributed by atoms with Crippen molar-refractivity contribution in [2.75, 3.05) is 40.0 Å². The van der Waals surface area contributed by atoms with Crippen LogP contribution in [-0.2, 0) is 9.53 Å². The molecule has 9 nitrogen and oxygen atoms in total. The second-order valence-corrected chi connectivity index (χ2v) is 6.73. The molecule has 0 unspecified atom stereocenters. The third-order valence-corrected chi connectivity index (χ3v) is 4.63. The molecule has 9 heteroatoms. The molecule has 0 spiro atoms. The largest absolute Gasteiger partial charge is 0.484 e. The predicted molar refractivity (Wildman–Crippen MR) is 110 cm³/mol. The van der Waals surface area contributed by atoms with Gasteiger partial charge in [0.05, 0.1) is 17.8 Å². The Hall–Kier alpha value is -3.30.